The number of rotatable bonds is 7. The zero-order valence-corrected chi connectivity index (χ0v) is 23.2. The van der Waals surface area contributed by atoms with Gasteiger partial charge in [0.15, 0.2) is 11.3 Å². The molecule has 3 heterocycles. The van der Waals surface area contributed by atoms with E-state index in [1.54, 1.807) is 38.1 Å². The average molecular weight is 617 g/mol. The second-order valence-corrected chi connectivity index (χ2v) is 9.71. The van der Waals surface area contributed by atoms with Crippen molar-refractivity contribution in [3.63, 3.8) is 0 Å². The van der Waals surface area contributed by atoms with Crippen LogP contribution in [-0.2, 0) is 17.2 Å². The number of aromatic nitrogens is 5. The van der Waals surface area contributed by atoms with E-state index >= 15 is 0 Å². The topological polar surface area (TPSA) is 103 Å². The van der Waals surface area contributed by atoms with Gasteiger partial charge in [0.2, 0.25) is 0 Å². The van der Waals surface area contributed by atoms with Crippen LogP contribution < -0.4 is 5.32 Å². The number of anilines is 1. The first-order valence-corrected chi connectivity index (χ1v) is 12.8. The third-order valence-corrected chi connectivity index (χ3v) is 6.84. The Morgan fingerprint density at radius 2 is 1.64 bits per heavy atom. The van der Waals surface area contributed by atoms with Crippen molar-refractivity contribution >= 4 is 23.2 Å². The van der Waals surface area contributed by atoms with Crippen LogP contribution in [-0.4, -0.2) is 49.5 Å². The summed E-state index contributed by atoms with van der Waals surface area (Å²) < 4.78 is 89.7. The Labute approximate surface area is 245 Å². The van der Waals surface area contributed by atoms with Gasteiger partial charge in [-0.1, -0.05) is 18.2 Å². The van der Waals surface area contributed by atoms with Crippen LogP contribution in [0.1, 0.15) is 43.5 Å². The molecular formula is C29H22F6N6O3. The van der Waals surface area contributed by atoms with Gasteiger partial charge in [-0.2, -0.15) is 32.1 Å². The zero-order chi connectivity index (χ0) is 32.0. The first-order valence-electron chi connectivity index (χ1n) is 12.8. The van der Waals surface area contributed by atoms with Gasteiger partial charge >= 0.3 is 18.1 Å². The zero-order valence-electron chi connectivity index (χ0n) is 23.2. The molecule has 0 aliphatic rings. The molecule has 9 nitrogen and oxygen atoms in total. The SMILES string of the molecule is COC(=O)c1ccccc1Cn1nc(C)c(NC(=O)c2cc3nc(-c4ccc(F)cc4)cc(C(F)(F)C(F)(F)F)n3n2)c1C. The minimum absolute atomic E-state index is 0.0627. The molecule has 0 aliphatic heterocycles. The molecule has 0 fully saturated rings. The maximum absolute atomic E-state index is 14.7. The lowest BCUT2D eigenvalue weighted by molar-refractivity contribution is -0.291. The van der Waals surface area contributed by atoms with Crippen LogP contribution in [0.3, 0.4) is 0 Å². The van der Waals surface area contributed by atoms with Crippen LogP contribution in [0.15, 0.2) is 60.7 Å². The summed E-state index contributed by atoms with van der Waals surface area (Å²) in [7, 11) is 1.25. The number of methoxy groups -OCH3 is 1. The van der Waals surface area contributed by atoms with Gasteiger partial charge < -0.3 is 10.1 Å². The number of amides is 1. The van der Waals surface area contributed by atoms with Crippen LogP contribution in [0.5, 0.6) is 0 Å². The lowest BCUT2D eigenvalue weighted by Gasteiger charge is -2.21. The maximum atomic E-state index is 14.7. The normalized spacial score (nSPS) is 12.0. The predicted molar refractivity (Wildman–Crippen MR) is 145 cm³/mol. The van der Waals surface area contributed by atoms with Gasteiger partial charge in [0, 0.05) is 11.6 Å². The van der Waals surface area contributed by atoms with E-state index in [0.29, 0.717) is 28.6 Å². The number of ether oxygens (including phenoxy) is 1. The second kappa shape index (κ2) is 11.1. The molecule has 0 radical (unpaired) electrons. The number of halogens is 6. The highest BCUT2D eigenvalue weighted by atomic mass is 19.4. The number of carbonyl (C=O) groups is 2. The molecule has 0 saturated carbocycles. The molecule has 5 aromatic rings. The first-order chi connectivity index (χ1) is 20.7. The molecule has 0 bridgehead atoms. The predicted octanol–water partition coefficient (Wildman–Crippen LogP) is 6.09. The number of esters is 1. The van der Waals surface area contributed by atoms with E-state index in [9.17, 15) is 35.9 Å². The second-order valence-electron chi connectivity index (χ2n) is 9.71. The lowest BCUT2D eigenvalue weighted by Crippen LogP contribution is -2.36. The smallest absolute Gasteiger partial charge is 0.459 e. The lowest BCUT2D eigenvalue weighted by atomic mass is 10.1. The first kappa shape index (κ1) is 30.3. The molecule has 228 valence electrons. The third kappa shape index (κ3) is 5.47. The molecule has 3 aromatic heterocycles. The number of hydrogen-bond donors (Lipinski definition) is 1. The van der Waals surface area contributed by atoms with E-state index in [-0.39, 0.29) is 28.0 Å². The summed E-state index contributed by atoms with van der Waals surface area (Å²) in [6.45, 7) is 3.36. The van der Waals surface area contributed by atoms with Crippen LogP contribution in [0.4, 0.5) is 32.0 Å². The highest BCUT2D eigenvalue weighted by Crippen LogP contribution is 2.44. The van der Waals surface area contributed by atoms with Gasteiger partial charge in [-0.25, -0.2) is 18.7 Å². The number of nitrogens with zero attached hydrogens (tertiary/aromatic N) is 5. The van der Waals surface area contributed by atoms with Gasteiger partial charge in [0.1, 0.15) is 11.5 Å². The minimum Gasteiger partial charge on any atom is -0.465 e. The van der Waals surface area contributed by atoms with Crippen LogP contribution >= 0.6 is 0 Å². The van der Waals surface area contributed by atoms with Crippen molar-refractivity contribution in [1.82, 2.24) is 24.4 Å². The van der Waals surface area contributed by atoms with Crippen molar-refractivity contribution in [2.24, 2.45) is 0 Å². The van der Waals surface area contributed by atoms with Crippen molar-refractivity contribution in [3.05, 3.63) is 100 Å². The maximum Gasteiger partial charge on any atom is 0.459 e. The Balaban J connectivity index is 1.51. The van der Waals surface area contributed by atoms with Crippen molar-refractivity contribution in [2.45, 2.75) is 32.5 Å². The highest BCUT2D eigenvalue weighted by Gasteiger charge is 2.60. The van der Waals surface area contributed by atoms with Gasteiger partial charge in [-0.15, -0.1) is 0 Å². The minimum atomic E-state index is -6.00. The van der Waals surface area contributed by atoms with E-state index < -0.39 is 46.8 Å². The van der Waals surface area contributed by atoms with Crippen LogP contribution in [0, 0.1) is 19.7 Å². The van der Waals surface area contributed by atoms with Crippen molar-refractivity contribution < 1.29 is 40.7 Å². The highest BCUT2D eigenvalue weighted by molar-refractivity contribution is 6.04. The molecule has 0 atom stereocenters. The Hall–Kier alpha value is -5.21. The van der Waals surface area contributed by atoms with Crippen LogP contribution in [0.25, 0.3) is 16.9 Å². The Bertz CT molecular complexity index is 1900. The van der Waals surface area contributed by atoms with Crippen molar-refractivity contribution in [2.75, 3.05) is 12.4 Å². The molecule has 0 aliphatic carbocycles. The largest absolute Gasteiger partial charge is 0.465 e. The van der Waals surface area contributed by atoms with Crippen LogP contribution in [0.2, 0.25) is 0 Å². The monoisotopic (exact) mass is 616 g/mol. The van der Waals surface area contributed by atoms with Crippen molar-refractivity contribution in [1.29, 1.82) is 0 Å². The number of aryl methyl sites for hydroxylation is 1. The Morgan fingerprint density at radius 3 is 2.30 bits per heavy atom. The molecular weight excluding hydrogens is 594 g/mol. The molecule has 2 aromatic carbocycles. The summed E-state index contributed by atoms with van der Waals surface area (Å²) in [6, 6.07) is 12.5. The summed E-state index contributed by atoms with van der Waals surface area (Å²) in [5.74, 6) is -7.51. The summed E-state index contributed by atoms with van der Waals surface area (Å²) in [4.78, 5) is 29.5. The number of carbonyl (C=O) groups excluding carboxylic acids is 2. The number of benzene rings is 2. The average Bonchev–Trinajstić information content (AvgIpc) is 3.53. The molecule has 5 rings (SSSR count). The molecule has 0 spiro atoms. The summed E-state index contributed by atoms with van der Waals surface area (Å²) in [5.41, 5.74) is -0.856. The molecule has 0 saturated heterocycles. The molecule has 15 heteroatoms. The fourth-order valence-corrected chi connectivity index (χ4v) is 4.56. The quantitative estimate of drug-likeness (QED) is 0.175. The van der Waals surface area contributed by atoms with Gasteiger partial charge in [-0.05, 0) is 55.8 Å². The summed E-state index contributed by atoms with van der Waals surface area (Å²) in [5, 5.41) is 10.7. The van der Waals surface area contributed by atoms with E-state index in [2.05, 4.69) is 20.5 Å². The van der Waals surface area contributed by atoms with Gasteiger partial charge in [-0.3, -0.25) is 9.48 Å². The van der Waals surface area contributed by atoms with E-state index in [1.807, 2.05) is 0 Å². The molecule has 1 amide bonds. The molecule has 44 heavy (non-hydrogen) atoms. The number of fused-ring (bicyclic) bond motifs is 1. The van der Waals surface area contributed by atoms with Gasteiger partial charge in [0.05, 0.1) is 42.0 Å². The summed E-state index contributed by atoms with van der Waals surface area (Å²) >= 11 is 0. The number of hydrogen-bond acceptors (Lipinski definition) is 6. The fourth-order valence-electron chi connectivity index (χ4n) is 4.56. The third-order valence-electron chi connectivity index (χ3n) is 6.84. The van der Waals surface area contributed by atoms with E-state index in [0.717, 1.165) is 18.2 Å². The molecule has 1 N–H and O–H groups in total. The Morgan fingerprint density at radius 1 is 0.955 bits per heavy atom. The Kier molecular flexibility index (Phi) is 7.65. The standard InChI is InChI=1S/C29H22F6N6O3/c1-15-25(16(2)40(38-15)14-18-6-4-5-7-20(18)27(43)44-3)37-26(42)22-13-24-36-21(17-8-10-19(30)11-9-17)12-23(41(24)39-22)28(31,32)29(33,34)35/h4-13H,14H2,1-3H3,(H,37,42). The molecule has 0 unspecified atom stereocenters. The number of nitrogens with one attached hydrogen (secondary N) is 1. The van der Waals surface area contributed by atoms with E-state index in [4.69, 9.17) is 4.74 Å². The number of alkyl halides is 5. The fraction of sp³-hybridized carbons (Fsp3) is 0.207. The van der Waals surface area contributed by atoms with Gasteiger partial charge in [0.25, 0.3) is 5.91 Å². The summed E-state index contributed by atoms with van der Waals surface area (Å²) in [6.07, 6.45) is -6.00. The van der Waals surface area contributed by atoms with Crippen molar-refractivity contribution in [3.8, 4) is 11.3 Å². The van der Waals surface area contributed by atoms with E-state index in [1.165, 1.54) is 23.9 Å².